The molecule has 0 spiro atoms. The topological polar surface area (TPSA) is 40.5 Å². The fourth-order valence-corrected chi connectivity index (χ4v) is 2.78. The van der Waals surface area contributed by atoms with Crippen LogP contribution in [0.15, 0.2) is 0 Å². The Labute approximate surface area is 83.4 Å². The Morgan fingerprint density at radius 1 is 1.57 bits per heavy atom. The number of piperidine rings is 2. The molecule has 0 amide bonds. The first kappa shape index (κ1) is 10.1. The second-order valence-corrected chi connectivity index (χ2v) is 4.30. The molecule has 2 bridgehead atoms. The van der Waals surface area contributed by atoms with Crippen molar-refractivity contribution in [3.05, 3.63) is 0 Å². The van der Waals surface area contributed by atoms with Crippen molar-refractivity contribution in [2.75, 3.05) is 0 Å². The minimum Gasteiger partial charge on any atom is -0.437 e. The second-order valence-electron chi connectivity index (χ2n) is 4.30. The highest BCUT2D eigenvalue weighted by Gasteiger charge is 2.46. The molecule has 0 aromatic carbocycles. The molecule has 2 rings (SSSR count). The molecule has 3 nitrogen and oxygen atoms in total. The molecular weight excluding hydrogens is 184 g/mol. The van der Waals surface area contributed by atoms with Gasteiger partial charge in [-0.25, -0.2) is 4.39 Å². The van der Waals surface area contributed by atoms with Gasteiger partial charge in [-0.2, -0.15) is 0 Å². The van der Waals surface area contributed by atoms with Crippen molar-refractivity contribution in [2.24, 2.45) is 0 Å². The summed E-state index contributed by atoms with van der Waals surface area (Å²) in [7, 11) is -0.642. The summed E-state index contributed by atoms with van der Waals surface area (Å²) in [6.07, 6.45) is 1.43. The van der Waals surface area contributed by atoms with E-state index in [-0.39, 0.29) is 24.3 Å². The highest BCUT2D eigenvalue weighted by atomic mass is 19.1. The molecule has 0 radical (unpaired) electrons. The number of carbonyl (C=O) groups excluding carboxylic acids is 1. The fraction of sp³-hybridized carbons (Fsp3) is 0.889. The molecule has 0 aliphatic carbocycles. The van der Waals surface area contributed by atoms with Gasteiger partial charge in [0.2, 0.25) is 0 Å². The Bertz CT molecular complexity index is 249. The lowest BCUT2D eigenvalue weighted by molar-refractivity contribution is -0.132. The summed E-state index contributed by atoms with van der Waals surface area (Å²) in [5.41, 5.74) is 0. The standard InChI is InChI=1S/C9H15BFNO2/c1-10(14)12-6-3-2-4-7(12)9(11)8(13)5-6/h6-7,9,14H,2-5H2,1H3/t6-,7?,9+/m1/s1. The zero-order valence-electron chi connectivity index (χ0n) is 8.32. The van der Waals surface area contributed by atoms with Crippen molar-refractivity contribution in [1.82, 2.24) is 4.81 Å². The number of alkyl halides is 1. The first-order chi connectivity index (χ1) is 6.61. The lowest BCUT2D eigenvalue weighted by Crippen LogP contribution is -2.62. The van der Waals surface area contributed by atoms with Gasteiger partial charge in [0.25, 0.3) is 0 Å². The summed E-state index contributed by atoms with van der Waals surface area (Å²) >= 11 is 0. The maximum absolute atomic E-state index is 13.6. The Kier molecular flexibility index (Phi) is 2.62. The van der Waals surface area contributed by atoms with Crippen molar-refractivity contribution in [3.8, 4) is 0 Å². The zero-order chi connectivity index (χ0) is 10.3. The van der Waals surface area contributed by atoms with E-state index in [1.54, 1.807) is 11.6 Å². The van der Waals surface area contributed by atoms with Gasteiger partial charge in [-0.15, -0.1) is 0 Å². The molecule has 0 aromatic heterocycles. The van der Waals surface area contributed by atoms with Crippen molar-refractivity contribution < 1.29 is 14.2 Å². The lowest BCUT2D eigenvalue weighted by atomic mass is 9.71. The van der Waals surface area contributed by atoms with E-state index in [0.29, 0.717) is 6.42 Å². The van der Waals surface area contributed by atoms with E-state index in [0.717, 1.165) is 12.8 Å². The third-order valence-electron chi connectivity index (χ3n) is 3.36. The van der Waals surface area contributed by atoms with Crippen LogP contribution in [-0.4, -0.2) is 40.9 Å². The molecule has 2 aliphatic rings. The molecule has 1 N–H and O–H groups in total. The van der Waals surface area contributed by atoms with Crippen LogP contribution < -0.4 is 0 Å². The maximum Gasteiger partial charge on any atom is 0.376 e. The molecule has 0 aromatic rings. The molecule has 1 unspecified atom stereocenters. The van der Waals surface area contributed by atoms with E-state index in [2.05, 4.69) is 0 Å². The molecule has 5 heteroatoms. The SMILES string of the molecule is CB(O)N1C2CCC[C@@H]1CC(=O)[C@H]2F. The van der Waals surface area contributed by atoms with E-state index in [1.165, 1.54) is 0 Å². The van der Waals surface area contributed by atoms with Crippen LogP contribution in [0.1, 0.15) is 25.7 Å². The number of hydrogen-bond donors (Lipinski definition) is 1. The molecule has 2 heterocycles. The number of carbonyl (C=O) groups is 1. The highest BCUT2D eigenvalue weighted by molar-refractivity contribution is 6.45. The van der Waals surface area contributed by atoms with Gasteiger partial charge in [0, 0.05) is 18.5 Å². The lowest BCUT2D eigenvalue weighted by Gasteiger charge is -2.47. The first-order valence-electron chi connectivity index (χ1n) is 5.23. The van der Waals surface area contributed by atoms with Crippen LogP contribution >= 0.6 is 0 Å². The van der Waals surface area contributed by atoms with E-state index in [4.69, 9.17) is 0 Å². The van der Waals surface area contributed by atoms with Gasteiger partial charge >= 0.3 is 7.05 Å². The quantitative estimate of drug-likeness (QED) is 0.629. The average molecular weight is 199 g/mol. The molecule has 2 aliphatic heterocycles. The predicted octanol–water partition coefficient (Wildman–Crippen LogP) is 0.631. The van der Waals surface area contributed by atoms with E-state index in [1.807, 2.05) is 0 Å². The Hall–Kier alpha value is -0.415. The first-order valence-corrected chi connectivity index (χ1v) is 5.23. The van der Waals surface area contributed by atoms with E-state index >= 15 is 0 Å². The smallest absolute Gasteiger partial charge is 0.376 e. The summed E-state index contributed by atoms with van der Waals surface area (Å²) in [5.74, 6) is -0.281. The molecule has 0 saturated carbocycles. The Morgan fingerprint density at radius 2 is 2.29 bits per heavy atom. The number of halogens is 1. The van der Waals surface area contributed by atoms with Crippen LogP contribution in [0.3, 0.4) is 0 Å². The zero-order valence-corrected chi connectivity index (χ0v) is 8.32. The van der Waals surface area contributed by atoms with Crippen molar-refractivity contribution >= 4 is 12.8 Å². The number of ketones is 1. The normalized spacial score (nSPS) is 38.5. The monoisotopic (exact) mass is 199 g/mol. The third kappa shape index (κ3) is 1.48. The van der Waals surface area contributed by atoms with Gasteiger partial charge in [-0.05, 0) is 19.7 Å². The molecule has 2 saturated heterocycles. The predicted molar refractivity (Wildman–Crippen MR) is 51.6 cm³/mol. The summed E-state index contributed by atoms with van der Waals surface area (Å²) in [5, 5.41) is 9.53. The number of Topliss-reactive ketones (excluding diaryl/α,β-unsaturated/α-hetero) is 1. The van der Waals surface area contributed by atoms with Crippen molar-refractivity contribution in [2.45, 2.75) is 50.8 Å². The summed E-state index contributed by atoms with van der Waals surface area (Å²) in [4.78, 5) is 13.1. The molecule has 3 atom stereocenters. The van der Waals surface area contributed by atoms with Gasteiger partial charge in [0.15, 0.2) is 12.0 Å². The van der Waals surface area contributed by atoms with Gasteiger partial charge in [-0.3, -0.25) is 4.79 Å². The fourth-order valence-electron chi connectivity index (χ4n) is 2.78. The Balaban J connectivity index is 2.22. The molecular formula is C9H15BFNO2. The van der Waals surface area contributed by atoms with Crippen molar-refractivity contribution in [3.63, 3.8) is 0 Å². The number of rotatable bonds is 1. The average Bonchev–Trinajstić information content (AvgIpc) is 2.14. The Morgan fingerprint density at radius 3 is 2.93 bits per heavy atom. The summed E-state index contributed by atoms with van der Waals surface area (Å²) < 4.78 is 13.6. The second kappa shape index (κ2) is 3.63. The van der Waals surface area contributed by atoms with E-state index < -0.39 is 13.2 Å². The maximum atomic E-state index is 13.6. The van der Waals surface area contributed by atoms with Gasteiger partial charge in [0.1, 0.15) is 0 Å². The van der Waals surface area contributed by atoms with Gasteiger partial charge in [-0.1, -0.05) is 6.42 Å². The van der Waals surface area contributed by atoms with Crippen LogP contribution in [0.4, 0.5) is 4.39 Å². The number of fused-ring (bicyclic) bond motifs is 2. The highest BCUT2D eigenvalue weighted by Crippen LogP contribution is 2.34. The molecule has 78 valence electrons. The van der Waals surface area contributed by atoms with Crippen molar-refractivity contribution in [1.29, 1.82) is 0 Å². The third-order valence-corrected chi connectivity index (χ3v) is 3.36. The number of nitrogens with zero attached hydrogens (tertiary/aromatic N) is 1. The van der Waals surface area contributed by atoms with Gasteiger partial charge in [0.05, 0.1) is 0 Å². The largest absolute Gasteiger partial charge is 0.437 e. The molecule has 2 fully saturated rings. The van der Waals surface area contributed by atoms with Crippen LogP contribution in [0.5, 0.6) is 0 Å². The molecule has 14 heavy (non-hydrogen) atoms. The summed E-state index contributed by atoms with van der Waals surface area (Å²) in [6.45, 7) is 1.65. The summed E-state index contributed by atoms with van der Waals surface area (Å²) in [6, 6.07) is -0.316. The van der Waals surface area contributed by atoms with Crippen LogP contribution in [0.2, 0.25) is 6.82 Å². The minimum atomic E-state index is -1.39. The van der Waals surface area contributed by atoms with Crippen LogP contribution in [-0.2, 0) is 4.79 Å². The van der Waals surface area contributed by atoms with Gasteiger partial charge < -0.3 is 9.83 Å². The minimum absolute atomic E-state index is 0.0632. The van der Waals surface area contributed by atoms with Crippen LogP contribution in [0, 0.1) is 0 Å². The number of hydrogen-bond acceptors (Lipinski definition) is 3. The van der Waals surface area contributed by atoms with E-state index in [9.17, 15) is 14.2 Å². The van der Waals surface area contributed by atoms with Crippen LogP contribution in [0.25, 0.3) is 0 Å².